The normalized spacial score (nSPS) is 17.4. The van der Waals surface area contributed by atoms with Crippen molar-refractivity contribution in [2.75, 3.05) is 13.3 Å². The summed E-state index contributed by atoms with van der Waals surface area (Å²) in [5, 5.41) is 13.8. The number of nitrogens with zero attached hydrogens (tertiary/aromatic N) is 2. The van der Waals surface area contributed by atoms with Crippen LogP contribution in [0.1, 0.15) is 37.8 Å². The second kappa shape index (κ2) is 8.03. The van der Waals surface area contributed by atoms with Gasteiger partial charge in [0.2, 0.25) is 0 Å². The van der Waals surface area contributed by atoms with E-state index in [0.717, 1.165) is 4.90 Å². The molecule has 3 amide bonds. The van der Waals surface area contributed by atoms with Gasteiger partial charge in [0, 0.05) is 23.3 Å². The molecular weight excluding hydrogens is 386 g/mol. The Morgan fingerprint density at radius 2 is 2.07 bits per heavy atom. The van der Waals surface area contributed by atoms with Crippen molar-refractivity contribution in [1.29, 1.82) is 0 Å². The summed E-state index contributed by atoms with van der Waals surface area (Å²) < 4.78 is 15.7. The highest BCUT2D eigenvalue weighted by Crippen LogP contribution is 2.33. The first-order valence-corrected chi connectivity index (χ1v) is 9.11. The second-order valence-electron chi connectivity index (χ2n) is 6.73. The number of fused-ring (bicyclic) bond motifs is 1. The number of amides is 3. The van der Waals surface area contributed by atoms with Crippen LogP contribution in [0.15, 0.2) is 12.1 Å². The molecule has 0 saturated carbocycles. The molecule has 0 unspecified atom stereocenters. The summed E-state index contributed by atoms with van der Waals surface area (Å²) in [6, 6.07) is 1.94. The topological polar surface area (TPSA) is 137 Å². The Balaban J connectivity index is 1.70. The van der Waals surface area contributed by atoms with Gasteiger partial charge in [-0.2, -0.15) is 0 Å². The molecule has 0 atom stereocenters. The van der Waals surface area contributed by atoms with Gasteiger partial charge in [0.25, 0.3) is 11.6 Å². The highest BCUT2D eigenvalue weighted by molar-refractivity contribution is 6.08. The SMILES string of the molecule is CCC1(CC)NC(=O)N(CC(=O)OCc2cc([N+](=O)[O-])cc3c2OCOC3)C1=O. The van der Waals surface area contributed by atoms with E-state index in [-0.39, 0.29) is 25.7 Å². The lowest BCUT2D eigenvalue weighted by molar-refractivity contribution is -0.385. The lowest BCUT2D eigenvalue weighted by Crippen LogP contribution is -2.46. The molecule has 11 heteroatoms. The van der Waals surface area contributed by atoms with E-state index in [0.29, 0.717) is 29.7 Å². The van der Waals surface area contributed by atoms with Crippen LogP contribution in [0.5, 0.6) is 5.75 Å². The average molecular weight is 407 g/mol. The van der Waals surface area contributed by atoms with Gasteiger partial charge in [-0.25, -0.2) is 4.79 Å². The van der Waals surface area contributed by atoms with Gasteiger partial charge in [0.1, 0.15) is 24.4 Å². The maximum Gasteiger partial charge on any atom is 0.326 e. The molecule has 0 aromatic heterocycles. The van der Waals surface area contributed by atoms with Gasteiger partial charge in [-0.1, -0.05) is 13.8 Å². The summed E-state index contributed by atoms with van der Waals surface area (Å²) in [6.07, 6.45) is 0.803. The molecule has 2 aliphatic rings. The summed E-state index contributed by atoms with van der Waals surface area (Å²) in [5.74, 6) is -0.929. The van der Waals surface area contributed by atoms with E-state index in [1.165, 1.54) is 12.1 Å². The van der Waals surface area contributed by atoms with Crippen LogP contribution in [0.25, 0.3) is 0 Å². The standard InChI is InChI=1S/C18H21N3O8/c1-3-18(4-2)16(23)20(17(24)19-18)7-14(22)28-9-12-6-13(21(25)26)5-11-8-27-10-29-15(11)12/h5-6H,3-4,7-10H2,1-2H3,(H,19,24). The van der Waals surface area contributed by atoms with Crippen LogP contribution in [0.4, 0.5) is 10.5 Å². The van der Waals surface area contributed by atoms with Crippen LogP contribution in [-0.2, 0) is 32.3 Å². The number of benzene rings is 1. The van der Waals surface area contributed by atoms with Crippen molar-refractivity contribution < 1.29 is 33.5 Å². The van der Waals surface area contributed by atoms with Gasteiger partial charge in [-0.3, -0.25) is 24.6 Å². The number of carbonyl (C=O) groups is 3. The first kappa shape index (κ1) is 20.5. The van der Waals surface area contributed by atoms with Crippen molar-refractivity contribution in [3.8, 4) is 5.75 Å². The fourth-order valence-electron chi connectivity index (χ4n) is 3.38. The third-order valence-electron chi connectivity index (χ3n) is 5.11. The molecule has 1 aromatic rings. The van der Waals surface area contributed by atoms with E-state index in [1.54, 1.807) is 13.8 Å². The number of urea groups is 1. The zero-order valence-electron chi connectivity index (χ0n) is 16.1. The predicted octanol–water partition coefficient (Wildman–Crippen LogP) is 1.62. The molecule has 1 saturated heterocycles. The fourth-order valence-corrected chi connectivity index (χ4v) is 3.38. The summed E-state index contributed by atoms with van der Waals surface area (Å²) in [4.78, 5) is 48.3. The third-order valence-corrected chi connectivity index (χ3v) is 5.11. The van der Waals surface area contributed by atoms with Crippen LogP contribution >= 0.6 is 0 Å². The molecule has 1 aromatic carbocycles. The van der Waals surface area contributed by atoms with Gasteiger partial charge < -0.3 is 19.5 Å². The largest absolute Gasteiger partial charge is 0.467 e. The zero-order chi connectivity index (χ0) is 21.2. The lowest BCUT2D eigenvalue weighted by atomic mass is 9.93. The third kappa shape index (κ3) is 3.86. The Morgan fingerprint density at radius 1 is 1.34 bits per heavy atom. The van der Waals surface area contributed by atoms with E-state index in [2.05, 4.69) is 5.32 Å². The number of ether oxygens (including phenoxy) is 3. The number of hydrogen-bond donors (Lipinski definition) is 1. The van der Waals surface area contributed by atoms with Gasteiger partial charge in [0.05, 0.1) is 11.5 Å². The number of esters is 1. The highest BCUT2D eigenvalue weighted by atomic mass is 16.7. The van der Waals surface area contributed by atoms with Crippen molar-refractivity contribution >= 4 is 23.6 Å². The molecule has 156 valence electrons. The molecule has 1 N–H and O–H groups in total. The number of imide groups is 1. The molecule has 2 aliphatic heterocycles. The summed E-state index contributed by atoms with van der Waals surface area (Å²) in [6.45, 7) is 2.81. The molecule has 3 rings (SSSR count). The Morgan fingerprint density at radius 3 is 2.69 bits per heavy atom. The quantitative estimate of drug-likeness (QED) is 0.311. The Bertz CT molecular complexity index is 865. The van der Waals surface area contributed by atoms with Crippen LogP contribution in [-0.4, -0.2) is 46.6 Å². The van der Waals surface area contributed by atoms with Crippen molar-refractivity contribution in [3.63, 3.8) is 0 Å². The molecular formula is C18H21N3O8. The molecule has 0 aliphatic carbocycles. The lowest BCUT2D eigenvalue weighted by Gasteiger charge is -2.23. The molecule has 11 nitrogen and oxygen atoms in total. The van der Waals surface area contributed by atoms with Crippen molar-refractivity contribution in [2.24, 2.45) is 0 Å². The predicted molar refractivity (Wildman–Crippen MR) is 96.7 cm³/mol. The summed E-state index contributed by atoms with van der Waals surface area (Å²) in [7, 11) is 0. The number of rotatable bonds is 7. The summed E-state index contributed by atoms with van der Waals surface area (Å²) in [5.41, 5.74) is -0.418. The molecule has 0 bridgehead atoms. The number of non-ortho nitro benzene ring substituents is 1. The zero-order valence-corrected chi connectivity index (χ0v) is 16.1. The Labute approximate surface area is 166 Å². The van der Waals surface area contributed by atoms with Crippen LogP contribution in [0.2, 0.25) is 0 Å². The minimum absolute atomic E-state index is 0.0235. The maximum absolute atomic E-state index is 12.5. The molecule has 0 spiro atoms. The average Bonchev–Trinajstić information content (AvgIpc) is 2.96. The monoisotopic (exact) mass is 407 g/mol. The highest BCUT2D eigenvalue weighted by Gasteiger charge is 2.49. The van der Waals surface area contributed by atoms with Crippen molar-refractivity contribution in [2.45, 2.75) is 45.4 Å². The molecule has 29 heavy (non-hydrogen) atoms. The van der Waals surface area contributed by atoms with E-state index in [4.69, 9.17) is 14.2 Å². The first-order valence-electron chi connectivity index (χ1n) is 9.11. The smallest absolute Gasteiger partial charge is 0.326 e. The Kier molecular flexibility index (Phi) is 5.69. The minimum Gasteiger partial charge on any atom is -0.467 e. The molecule has 1 fully saturated rings. The van der Waals surface area contributed by atoms with E-state index in [9.17, 15) is 24.5 Å². The first-order chi connectivity index (χ1) is 13.8. The second-order valence-corrected chi connectivity index (χ2v) is 6.73. The van der Waals surface area contributed by atoms with Gasteiger partial charge >= 0.3 is 12.0 Å². The number of nitro benzene ring substituents is 1. The maximum atomic E-state index is 12.5. The summed E-state index contributed by atoms with van der Waals surface area (Å²) >= 11 is 0. The number of hydrogen-bond acceptors (Lipinski definition) is 8. The van der Waals surface area contributed by atoms with E-state index in [1.807, 2.05) is 0 Å². The van der Waals surface area contributed by atoms with Gasteiger partial charge in [0.15, 0.2) is 6.79 Å². The number of nitrogens with one attached hydrogen (secondary N) is 1. The number of nitro groups is 1. The van der Waals surface area contributed by atoms with Crippen LogP contribution in [0.3, 0.4) is 0 Å². The van der Waals surface area contributed by atoms with E-state index >= 15 is 0 Å². The van der Waals surface area contributed by atoms with Gasteiger partial charge in [-0.05, 0) is 12.8 Å². The van der Waals surface area contributed by atoms with E-state index < -0.39 is 34.9 Å². The minimum atomic E-state index is -1.01. The van der Waals surface area contributed by atoms with Crippen molar-refractivity contribution in [1.82, 2.24) is 10.2 Å². The van der Waals surface area contributed by atoms with Gasteiger partial charge in [-0.15, -0.1) is 0 Å². The van der Waals surface area contributed by atoms with Crippen LogP contribution < -0.4 is 10.1 Å². The number of carbonyl (C=O) groups excluding carboxylic acids is 3. The Hall–Kier alpha value is -3.21. The fraction of sp³-hybridized carbons (Fsp3) is 0.500. The van der Waals surface area contributed by atoms with Crippen LogP contribution in [0, 0.1) is 10.1 Å². The molecule has 0 radical (unpaired) electrons. The van der Waals surface area contributed by atoms with Crippen molar-refractivity contribution in [3.05, 3.63) is 33.4 Å². The molecule has 2 heterocycles.